The maximum absolute atomic E-state index is 13.9. The lowest BCUT2D eigenvalue weighted by atomic mass is 9.88. The normalized spacial score (nSPS) is 20.2. The molecule has 2 saturated heterocycles. The molecule has 32 heavy (non-hydrogen) atoms. The van der Waals surface area contributed by atoms with E-state index in [4.69, 9.17) is 14.2 Å². The first-order valence-electron chi connectivity index (χ1n) is 11.2. The van der Waals surface area contributed by atoms with Crippen molar-refractivity contribution in [3.63, 3.8) is 0 Å². The van der Waals surface area contributed by atoms with Crippen molar-refractivity contribution in [3.8, 4) is 11.5 Å². The number of likely N-dealkylation sites (tertiary alicyclic amines) is 1. The number of hydrogen-bond acceptors (Lipinski definition) is 5. The number of nitrogens with one attached hydrogen (secondary N) is 1. The van der Waals surface area contributed by atoms with Gasteiger partial charge in [-0.3, -0.25) is 9.69 Å². The number of ether oxygens (including phenoxy) is 3. The number of carbonyl (C=O) groups is 1. The summed E-state index contributed by atoms with van der Waals surface area (Å²) in [5.41, 5.74) is 0.626. The highest BCUT2D eigenvalue weighted by molar-refractivity contribution is 5.77. The van der Waals surface area contributed by atoms with Crippen molar-refractivity contribution >= 4 is 5.91 Å². The highest BCUT2D eigenvalue weighted by Gasteiger charge is 2.42. The minimum atomic E-state index is -0.180. The second-order valence-electron chi connectivity index (χ2n) is 8.57. The Kier molecular flexibility index (Phi) is 7.27. The van der Waals surface area contributed by atoms with Gasteiger partial charge in [-0.05, 0) is 43.9 Å². The molecule has 0 aliphatic carbocycles. The van der Waals surface area contributed by atoms with Gasteiger partial charge in [-0.15, -0.1) is 0 Å². The molecule has 6 nitrogen and oxygen atoms in total. The van der Waals surface area contributed by atoms with Crippen molar-refractivity contribution in [2.45, 2.75) is 43.9 Å². The Morgan fingerprint density at radius 1 is 1.12 bits per heavy atom. The van der Waals surface area contributed by atoms with Gasteiger partial charge in [0.05, 0.1) is 18.8 Å². The van der Waals surface area contributed by atoms with Crippen molar-refractivity contribution in [3.05, 3.63) is 59.9 Å². The molecule has 1 atom stereocenters. The molecule has 1 spiro atoms. The third kappa shape index (κ3) is 5.58. The molecule has 0 bridgehead atoms. The third-order valence-electron chi connectivity index (χ3n) is 6.41. The highest BCUT2D eigenvalue weighted by Crippen LogP contribution is 2.39. The van der Waals surface area contributed by atoms with E-state index in [1.807, 2.05) is 24.3 Å². The highest BCUT2D eigenvalue weighted by atomic mass is 19.1. The van der Waals surface area contributed by atoms with E-state index in [0.29, 0.717) is 24.6 Å². The number of rotatable bonds is 8. The molecular formula is C25H31FN2O4. The number of hydrogen-bond donors (Lipinski definition) is 1. The maximum atomic E-state index is 13.9. The fraction of sp³-hybridized carbons (Fsp3) is 0.480. The van der Waals surface area contributed by atoms with Crippen LogP contribution in [0, 0.1) is 5.82 Å². The lowest BCUT2D eigenvalue weighted by Crippen LogP contribution is -2.45. The standard InChI is InChI=1S/C25H31FN2O4/c1-30-22-8-4-5-9-23(22)31-18-24(29)27-16-20-10-11-25(32-20)12-14-28(15-13-25)17-19-6-2-3-7-21(19)26/h2-9,20H,10-18H2,1H3,(H,27,29)/t20-/m0/s1. The Morgan fingerprint density at radius 3 is 2.59 bits per heavy atom. The van der Waals surface area contributed by atoms with E-state index in [0.717, 1.165) is 44.3 Å². The van der Waals surface area contributed by atoms with Crippen LogP contribution in [0.4, 0.5) is 4.39 Å². The van der Waals surface area contributed by atoms with Gasteiger partial charge in [-0.25, -0.2) is 4.39 Å². The zero-order valence-corrected chi connectivity index (χ0v) is 18.5. The minimum Gasteiger partial charge on any atom is -0.493 e. The molecule has 2 aromatic carbocycles. The summed E-state index contributed by atoms with van der Waals surface area (Å²) in [6.07, 6.45) is 3.81. The van der Waals surface area contributed by atoms with E-state index in [-0.39, 0.29) is 30.0 Å². The van der Waals surface area contributed by atoms with E-state index < -0.39 is 0 Å². The Morgan fingerprint density at radius 2 is 1.84 bits per heavy atom. The molecule has 1 amide bonds. The fourth-order valence-corrected chi connectivity index (χ4v) is 4.55. The van der Waals surface area contributed by atoms with Crippen LogP contribution in [0.25, 0.3) is 0 Å². The monoisotopic (exact) mass is 442 g/mol. The average molecular weight is 443 g/mol. The summed E-state index contributed by atoms with van der Waals surface area (Å²) in [5.74, 6) is 0.821. The number of amides is 1. The van der Waals surface area contributed by atoms with Gasteiger partial charge in [0.15, 0.2) is 18.1 Å². The molecule has 7 heteroatoms. The SMILES string of the molecule is COc1ccccc1OCC(=O)NC[C@@H]1CCC2(CCN(Cc3ccccc3F)CC2)O1. The van der Waals surface area contributed by atoms with E-state index in [9.17, 15) is 9.18 Å². The van der Waals surface area contributed by atoms with Crippen LogP contribution in [-0.2, 0) is 16.1 Å². The number of carbonyl (C=O) groups excluding carboxylic acids is 1. The molecule has 2 aliphatic heterocycles. The maximum Gasteiger partial charge on any atom is 0.258 e. The molecule has 0 unspecified atom stereocenters. The fourth-order valence-electron chi connectivity index (χ4n) is 4.55. The lowest BCUT2D eigenvalue weighted by Gasteiger charge is -2.39. The number of methoxy groups -OCH3 is 1. The number of para-hydroxylation sites is 2. The first-order chi connectivity index (χ1) is 15.6. The van der Waals surface area contributed by atoms with Gasteiger partial charge in [0.25, 0.3) is 5.91 Å². The zero-order valence-electron chi connectivity index (χ0n) is 18.5. The minimum absolute atomic E-state index is 0.0170. The first-order valence-corrected chi connectivity index (χ1v) is 11.2. The molecule has 2 aliphatic rings. The van der Waals surface area contributed by atoms with Crippen LogP contribution < -0.4 is 14.8 Å². The van der Waals surface area contributed by atoms with Crippen LogP contribution >= 0.6 is 0 Å². The molecular weight excluding hydrogens is 411 g/mol. The second-order valence-corrected chi connectivity index (χ2v) is 8.57. The third-order valence-corrected chi connectivity index (χ3v) is 6.41. The van der Waals surface area contributed by atoms with Gasteiger partial charge >= 0.3 is 0 Å². The molecule has 172 valence electrons. The molecule has 2 heterocycles. The lowest BCUT2D eigenvalue weighted by molar-refractivity contribution is -0.124. The van der Waals surface area contributed by atoms with E-state index in [1.54, 1.807) is 25.3 Å². The summed E-state index contributed by atoms with van der Waals surface area (Å²) in [6, 6.07) is 14.2. The van der Waals surface area contributed by atoms with Crippen molar-refractivity contribution in [2.75, 3.05) is 33.4 Å². The van der Waals surface area contributed by atoms with Gasteiger partial charge < -0.3 is 19.5 Å². The molecule has 4 rings (SSSR count). The summed E-state index contributed by atoms with van der Waals surface area (Å²) in [4.78, 5) is 14.5. The van der Waals surface area contributed by atoms with Crippen LogP contribution in [0.3, 0.4) is 0 Å². The molecule has 0 saturated carbocycles. The zero-order chi connectivity index (χ0) is 22.4. The van der Waals surface area contributed by atoms with Crippen molar-refractivity contribution in [1.29, 1.82) is 0 Å². The van der Waals surface area contributed by atoms with Gasteiger partial charge in [0, 0.05) is 31.7 Å². The quantitative estimate of drug-likeness (QED) is 0.678. The van der Waals surface area contributed by atoms with Gasteiger partial charge in [0.2, 0.25) is 0 Å². The van der Waals surface area contributed by atoms with Gasteiger partial charge in [0.1, 0.15) is 5.82 Å². The number of benzene rings is 2. The summed E-state index contributed by atoms with van der Waals surface area (Å²) in [5, 5.41) is 2.92. The summed E-state index contributed by atoms with van der Waals surface area (Å²) < 4.78 is 31.1. The van der Waals surface area contributed by atoms with Crippen molar-refractivity contribution < 1.29 is 23.4 Å². The van der Waals surface area contributed by atoms with Crippen LogP contribution in [0.2, 0.25) is 0 Å². The first kappa shape index (κ1) is 22.6. The van der Waals surface area contributed by atoms with E-state index >= 15 is 0 Å². The number of piperidine rings is 1. The Labute approximate surface area is 188 Å². The Balaban J connectivity index is 1.18. The van der Waals surface area contributed by atoms with Crippen LogP contribution in [0.5, 0.6) is 11.5 Å². The predicted molar refractivity (Wildman–Crippen MR) is 119 cm³/mol. The molecule has 1 N–H and O–H groups in total. The topological polar surface area (TPSA) is 60.0 Å². The van der Waals surface area contributed by atoms with Crippen molar-refractivity contribution in [2.24, 2.45) is 0 Å². The van der Waals surface area contributed by atoms with Crippen molar-refractivity contribution in [1.82, 2.24) is 10.2 Å². The molecule has 0 aromatic heterocycles. The number of nitrogens with zero attached hydrogens (tertiary/aromatic N) is 1. The largest absolute Gasteiger partial charge is 0.493 e. The Bertz CT molecular complexity index is 914. The van der Waals surface area contributed by atoms with Gasteiger partial charge in [-0.1, -0.05) is 30.3 Å². The smallest absolute Gasteiger partial charge is 0.258 e. The van der Waals surface area contributed by atoms with Crippen LogP contribution in [0.1, 0.15) is 31.2 Å². The Hall–Kier alpha value is -2.64. The van der Waals surface area contributed by atoms with Gasteiger partial charge in [-0.2, -0.15) is 0 Å². The average Bonchev–Trinajstić information content (AvgIpc) is 3.22. The summed E-state index contributed by atoms with van der Waals surface area (Å²) in [6.45, 7) is 2.83. The van der Waals surface area contributed by atoms with E-state index in [1.165, 1.54) is 6.07 Å². The van der Waals surface area contributed by atoms with Crippen LogP contribution in [0.15, 0.2) is 48.5 Å². The van der Waals surface area contributed by atoms with Crippen LogP contribution in [-0.4, -0.2) is 55.9 Å². The molecule has 2 aromatic rings. The molecule has 2 fully saturated rings. The second kappa shape index (κ2) is 10.3. The summed E-state index contributed by atoms with van der Waals surface area (Å²) in [7, 11) is 1.57. The predicted octanol–water partition coefficient (Wildman–Crippen LogP) is 3.54. The van der Waals surface area contributed by atoms with E-state index in [2.05, 4.69) is 10.2 Å². The summed E-state index contributed by atoms with van der Waals surface area (Å²) >= 11 is 0. The molecule has 0 radical (unpaired) electrons. The number of halogens is 1.